The molecule has 4 nitrogen and oxygen atoms in total. The molecule has 0 aliphatic carbocycles. The third-order valence-corrected chi connectivity index (χ3v) is 1.40. The van der Waals surface area contributed by atoms with Crippen molar-refractivity contribution in [2.24, 2.45) is 7.05 Å². The van der Waals surface area contributed by atoms with Crippen LogP contribution in [0.3, 0.4) is 0 Å². The van der Waals surface area contributed by atoms with Crippen LogP contribution in [0.15, 0.2) is 6.20 Å². The van der Waals surface area contributed by atoms with Gasteiger partial charge in [0, 0.05) is 13.5 Å². The molecule has 4 heteroatoms. The highest BCUT2D eigenvalue weighted by atomic mass is 16.1. The summed E-state index contributed by atoms with van der Waals surface area (Å²) in [6.07, 6.45) is 4.96. The van der Waals surface area contributed by atoms with Crippen molar-refractivity contribution < 1.29 is 4.79 Å². The maximum absolute atomic E-state index is 9.96. The molecular weight excluding hydrogens is 142 g/mol. The number of aryl methyl sites for hydroxylation is 2. The Kier molecular flexibility index (Phi) is 2.77. The average molecular weight is 153 g/mol. The van der Waals surface area contributed by atoms with Gasteiger partial charge in [0.1, 0.15) is 6.29 Å². The standard InChI is InChI=1S/C7H11N3O/c1-10-8-6-7(9-10)4-2-3-5-11/h5-6H,2-4H2,1H3. The number of aromatic nitrogens is 3. The van der Waals surface area contributed by atoms with Crippen LogP contribution < -0.4 is 0 Å². The molecular formula is C7H11N3O. The highest BCUT2D eigenvalue weighted by molar-refractivity contribution is 5.49. The molecule has 11 heavy (non-hydrogen) atoms. The molecule has 60 valence electrons. The van der Waals surface area contributed by atoms with Crippen LogP contribution >= 0.6 is 0 Å². The molecule has 1 heterocycles. The Morgan fingerprint density at radius 1 is 1.73 bits per heavy atom. The van der Waals surface area contributed by atoms with Gasteiger partial charge in [-0.15, -0.1) is 0 Å². The van der Waals surface area contributed by atoms with E-state index >= 15 is 0 Å². The molecule has 1 aromatic rings. The minimum absolute atomic E-state index is 0.608. The minimum Gasteiger partial charge on any atom is -0.303 e. The van der Waals surface area contributed by atoms with Crippen LogP contribution in [-0.2, 0) is 18.3 Å². The average Bonchev–Trinajstić information content (AvgIpc) is 2.37. The molecule has 0 unspecified atom stereocenters. The number of hydrogen-bond acceptors (Lipinski definition) is 3. The molecule has 0 spiro atoms. The first kappa shape index (κ1) is 7.91. The quantitative estimate of drug-likeness (QED) is 0.463. The van der Waals surface area contributed by atoms with E-state index in [4.69, 9.17) is 0 Å². The SMILES string of the molecule is Cn1ncc(CCCC=O)n1. The van der Waals surface area contributed by atoms with Crippen molar-refractivity contribution in [1.82, 2.24) is 15.0 Å². The van der Waals surface area contributed by atoms with Gasteiger partial charge in [0.15, 0.2) is 0 Å². The first-order valence-electron chi connectivity index (χ1n) is 3.62. The molecule has 0 N–H and O–H groups in total. The predicted molar refractivity (Wildman–Crippen MR) is 40.0 cm³/mol. The lowest BCUT2D eigenvalue weighted by Gasteiger charge is -1.89. The molecule has 0 aliphatic heterocycles. The molecule has 0 saturated carbocycles. The molecule has 0 atom stereocenters. The summed E-state index contributed by atoms with van der Waals surface area (Å²) in [6.45, 7) is 0. The van der Waals surface area contributed by atoms with E-state index < -0.39 is 0 Å². The lowest BCUT2D eigenvalue weighted by atomic mass is 10.2. The smallest absolute Gasteiger partial charge is 0.120 e. The van der Waals surface area contributed by atoms with Crippen molar-refractivity contribution in [3.05, 3.63) is 11.9 Å². The zero-order valence-corrected chi connectivity index (χ0v) is 6.53. The Morgan fingerprint density at radius 2 is 2.55 bits per heavy atom. The number of rotatable bonds is 4. The zero-order valence-electron chi connectivity index (χ0n) is 6.53. The van der Waals surface area contributed by atoms with Gasteiger partial charge in [-0.05, 0) is 12.8 Å². The van der Waals surface area contributed by atoms with E-state index in [0.717, 1.165) is 24.8 Å². The maximum atomic E-state index is 9.96. The second kappa shape index (κ2) is 3.85. The molecule has 0 bridgehead atoms. The van der Waals surface area contributed by atoms with Gasteiger partial charge in [0.25, 0.3) is 0 Å². The van der Waals surface area contributed by atoms with E-state index in [1.807, 2.05) is 0 Å². The Labute approximate surface area is 65.2 Å². The number of unbranched alkanes of at least 4 members (excludes halogenated alkanes) is 1. The molecule has 0 saturated heterocycles. The summed E-state index contributed by atoms with van der Waals surface area (Å²) in [5, 5.41) is 7.98. The van der Waals surface area contributed by atoms with Gasteiger partial charge in [0.2, 0.25) is 0 Å². The topological polar surface area (TPSA) is 47.8 Å². The van der Waals surface area contributed by atoms with Gasteiger partial charge in [-0.1, -0.05) is 0 Å². The van der Waals surface area contributed by atoms with E-state index in [1.165, 1.54) is 4.80 Å². The zero-order chi connectivity index (χ0) is 8.10. The summed E-state index contributed by atoms with van der Waals surface area (Å²) < 4.78 is 0. The van der Waals surface area contributed by atoms with Gasteiger partial charge >= 0.3 is 0 Å². The summed E-state index contributed by atoms with van der Waals surface area (Å²) in [5.41, 5.74) is 0.953. The summed E-state index contributed by atoms with van der Waals surface area (Å²) in [6, 6.07) is 0. The highest BCUT2D eigenvalue weighted by Crippen LogP contribution is 1.97. The molecule has 1 rings (SSSR count). The van der Waals surface area contributed by atoms with E-state index in [9.17, 15) is 4.79 Å². The van der Waals surface area contributed by atoms with Gasteiger partial charge in [-0.3, -0.25) is 0 Å². The minimum atomic E-state index is 0.608. The molecule has 0 aliphatic rings. The normalized spacial score (nSPS) is 9.91. The van der Waals surface area contributed by atoms with E-state index in [2.05, 4.69) is 10.2 Å². The largest absolute Gasteiger partial charge is 0.303 e. The lowest BCUT2D eigenvalue weighted by Crippen LogP contribution is -1.93. The van der Waals surface area contributed by atoms with Crippen LogP contribution in [0, 0.1) is 0 Å². The van der Waals surface area contributed by atoms with Gasteiger partial charge in [-0.2, -0.15) is 15.0 Å². The van der Waals surface area contributed by atoms with Gasteiger partial charge < -0.3 is 4.79 Å². The summed E-state index contributed by atoms with van der Waals surface area (Å²) in [5.74, 6) is 0. The number of aldehydes is 1. The van der Waals surface area contributed by atoms with Crippen molar-refractivity contribution in [3.8, 4) is 0 Å². The number of carbonyl (C=O) groups is 1. The van der Waals surface area contributed by atoms with Crippen LogP contribution in [0.4, 0.5) is 0 Å². The third-order valence-electron chi connectivity index (χ3n) is 1.40. The highest BCUT2D eigenvalue weighted by Gasteiger charge is 1.96. The number of hydrogen-bond donors (Lipinski definition) is 0. The predicted octanol–water partition coefficient (Wildman–Crippen LogP) is 0.337. The van der Waals surface area contributed by atoms with Crippen LogP contribution in [0.1, 0.15) is 18.5 Å². The van der Waals surface area contributed by atoms with Crippen LogP contribution in [0.2, 0.25) is 0 Å². The Balaban J connectivity index is 2.32. The molecule has 1 aromatic heterocycles. The van der Waals surface area contributed by atoms with Crippen LogP contribution in [0.5, 0.6) is 0 Å². The van der Waals surface area contributed by atoms with Crippen molar-refractivity contribution >= 4 is 6.29 Å². The molecule has 0 fully saturated rings. The summed E-state index contributed by atoms with van der Waals surface area (Å²) >= 11 is 0. The fourth-order valence-electron chi connectivity index (χ4n) is 0.869. The first-order chi connectivity index (χ1) is 5.33. The second-order valence-electron chi connectivity index (χ2n) is 2.38. The van der Waals surface area contributed by atoms with Crippen LogP contribution in [0.25, 0.3) is 0 Å². The molecule has 0 aromatic carbocycles. The van der Waals surface area contributed by atoms with E-state index in [-0.39, 0.29) is 0 Å². The van der Waals surface area contributed by atoms with Crippen LogP contribution in [-0.4, -0.2) is 21.3 Å². The Morgan fingerprint density at radius 3 is 3.09 bits per heavy atom. The van der Waals surface area contributed by atoms with Gasteiger partial charge in [-0.25, -0.2) is 0 Å². The van der Waals surface area contributed by atoms with Crippen molar-refractivity contribution in [2.45, 2.75) is 19.3 Å². The number of carbonyl (C=O) groups excluding carboxylic acids is 1. The fraction of sp³-hybridized carbons (Fsp3) is 0.571. The van der Waals surface area contributed by atoms with Crippen molar-refractivity contribution in [2.75, 3.05) is 0 Å². The number of nitrogens with zero attached hydrogens (tertiary/aromatic N) is 3. The van der Waals surface area contributed by atoms with Crippen molar-refractivity contribution in [1.29, 1.82) is 0 Å². The second-order valence-corrected chi connectivity index (χ2v) is 2.38. The Hall–Kier alpha value is -1.19. The maximum Gasteiger partial charge on any atom is 0.120 e. The molecule has 0 radical (unpaired) electrons. The van der Waals surface area contributed by atoms with E-state index in [1.54, 1.807) is 13.2 Å². The van der Waals surface area contributed by atoms with E-state index in [0.29, 0.717) is 6.42 Å². The lowest BCUT2D eigenvalue weighted by molar-refractivity contribution is -0.107. The third kappa shape index (κ3) is 2.49. The summed E-state index contributed by atoms with van der Waals surface area (Å²) in [7, 11) is 1.78. The molecule has 0 amide bonds. The fourth-order valence-corrected chi connectivity index (χ4v) is 0.869. The monoisotopic (exact) mass is 153 g/mol. The Bertz CT molecular complexity index is 231. The summed E-state index contributed by atoms with van der Waals surface area (Å²) in [4.78, 5) is 11.5. The van der Waals surface area contributed by atoms with Crippen molar-refractivity contribution in [3.63, 3.8) is 0 Å². The first-order valence-corrected chi connectivity index (χ1v) is 3.62. The van der Waals surface area contributed by atoms with Gasteiger partial charge in [0.05, 0.1) is 11.9 Å².